The summed E-state index contributed by atoms with van der Waals surface area (Å²) in [6, 6.07) is 11.9. The zero-order valence-corrected chi connectivity index (χ0v) is 15.7. The molecular formula is C16H18N4O4S2. The molecule has 2 rings (SSSR count). The maximum absolute atomic E-state index is 12.1. The van der Waals surface area contributed by atoms with Crippen LogP contribution in [0.5, 0.6) is 5.75 Å². The molecule has 0 unspecified atom stereocenters. The summed E-state index contributed by atoms with van der Waals surface area (Å²) in [6.07, 6.45) is 0. The summed E-state index contributed by atoms with van der Waals surface area (Å²) in [5, 5.41) is 12.2. The monoisotopic (exact) mass is 394 g/mol. The van der Waals surface area contributed by atoms with Gasteiger partial charge in [-0.15, -0.1) is 0 Å². The zero-order valence-electron chi connectivity index (χ0n) is 14.1. The smallest absolute Gasteiger partial charge is 0.269 e. The van der Waals surface area contributed by atoms with E-state index >= 15 is 0 Å². The maximum Gasteiger partial charge on any atom is 0.269 e. The van der Waals surface area contributed by atoms with Crippen molar-refractivity contribution in [2.45, 2.75) is 4.90 Å². The lowest BCUT2D eigenvalue weighted by Gasteiger charge is -2.14. The highest BCUT2D eigenvalue weighted by molar-refractivity contribution is 7.89. The van der Waals surface area contributed by atoms with E-state index in [9.17, 15) is 18.3 Å². The minimum atomic E-state index is -3.56. The fourth-order valence-corrected chi connectivity index (χ4v) is 3.06. The summed E-state index contributed by atoms with van der Waals surface area (Å²) >= 11 is 5.07. The SMILES string of the molecule is CN(C)S(=O)(=O)c1cccc(NC(=S)NNC(=O)c2cccc(O)c2)c1. The highest BCUT2D eigenvalue weighted by Gasteiger charge is 2.17. The molecule has 0 atom stereocenters. The predicted molar refractivity (Wildman–Crippen MR) is 102 cm³/mol. The van der Waals surface area contributed by atoms with Crippen LogP contribution in [0.4, 0.5) is 5.69 Å². The number of nitrogens with zero attached hydrogens (tertiary/aromatic N) is 1. The minimum Gasteiger partial charge on any atom is -0.508 e. The average Bonchev–Trinajstić information content (AvgIpc) is 2.59. The molecule has 8 nitrogen and oxygen atoms in total. The van der Waals surface area contributed by atoms with Gasteiger partial charge < -0.3 is 10.4 Å². The van der Waals surface area contributed by atoms with Gasteiger partial charge >= 0.3 is 0 Å². The van der Waals surface area contributed by atoms with Crippen LogP contribution in [0.25, 0.3) is 0 Å². The molecule has 0 aliphatic rings. The van der Waals surface area contributed by atoms with Crippen molar-refractivity contribution >= 4 is 38.9 Å². The summed E-state index contributed by atoms with van der Waals surface area (Å²) in [5.74, 6) is -0.522. The molecule has 0 spiro atoms. The van der Waals surface area contributed by atoms with Crippen molar-refractivity contribution in [2.75, 3.05) is 19.4 Å². The molecule has 138 valence electrons. The van der Waals surface area contributed by atoms with E-state index in [0.29, 0.717) is 5.69 Å². The maximum atomic E-state index is 12.1. The Bertz CT molecular complexity index is 929. The van der Waals surface area contributed by atoms with Gasteiger partial charge in [0.25, 0.3) is 5.91 Å². The van der Waals surface area contributed by atoms with E-state index in [1.807, 2.05) is 0 Å². The fraction of sp³-hybridized carbons (Fsp3) is 0.125. The van der Waals surface area contributed by atoms with E-state index in [1.54, 1.807) is 12.1 Å². The molecule has 0 aliphatic carbocycles. The lowest BCUT2D eigenvalue weighted by Crippen LogP contribution is -2.43. The summed E-state index contributed by atoms with van der Waals surface area (Å²) in [6.45, 7) is 0. The second-order valence-electron chi connectivity index (χ2n) is 5.40. The highest BCUT2D eigenvalue weighted by Crippen LogP contribution is 2.17. The van der Waals surface area contributed by atoms with Crippen LogP contribution >= 0.6 is 12.2 Å². The largest absolute Gasteiger partial charge is 0.508 e. The van der Waals surface area contributed by atoms with E-state index in [0.717, 1.165) is 4.31 Å². The van der Waals surface area contributed by atoms with Gasteiger partial charge in [-0.25, -0.2) is 12.7 Å². The van der Waals surface area contributed by atoms with Crippen LogP contribution in [-0.4, -0.2) is 42.9 Å². The molecule has 26 heavy (non-hydrogen) atoms. The summed E-state index contributed by atoms with van der Waals surface area (Å²) in [7, 11) is -0.679. The highest BCUT2D eigenvalue weighted by atomic mass is 32.2. The van der Waals surface area contributed by atoms with Gasteiger partial charge in [-0.05, 0) is 48.6 Å². The van der Waals surface area contributed by atoms with Crippen molar-refractivity contribution in [3.8, 4) is 5.75 Å². The molecule has 0 aromatic heterocycles. The first-order valence-electron chi connectivity index (χ1n) is 7.39. The van der Waals surface area contributed by atoms with Crippen molar-refractivity contribution in [3.05, 3.63) is 54.1 Å². The lowest BCUT2D eigenvalue weighted by molar-refractivity contribution is 0.0943. The van der Waals surface area contributed by atoms with Gasteiger partial charge in [0.1, 0.15) is 5.75 Å². The third-order valence-electron chi connectivity index (χ3n) is 3.27. The number of phenols is 1. The van der Waals surface area contributed by atoms with Crippen molar-refractivity contribution in [3.63, 3.8) is 0 Å². The Hall–Kier alpha value is -2.69. The van der Waals surface area contributed by atoms with Gasteiger partial charge in [0.15, 0.2) is 5.11 Å². The molecular weight excluding hydrogens is 376 g/mol. The molecule has 0 radical (unpaired) electrons. The number of sulfonamides is 1. The number of thiocarbonyl (C=S) groups is 1. The number of anilines is 1. The van der Waals surface area contributed by atoms with Gasteiger partial charge in [-0.2, -0.15) is 0 Å². The van der Waals surface area contributed by atoms with Crippen LogP contribution in [0.2, 0.25) is 0 Å². The van der Waals surface area contributed by atoms with Crippen LogP contribution in [0.15, 0.2) is 53.4 Å². The Morgan fingerprint density at radius 3 is 2.42 bits per heavy atom. The molecule has 0 saturated heterocycles. The molecule has 0 heterocycles. The zero-order chi connectivity index (χ0) is 19.3. The Kier molecular flexibility index (Phi) is 6.14. The van der Waals surface area contributed by atoms with Crippen LogP contribution in [0.1, 0.15) is 10.4 Å². The predicted octanol–water partition coefficient (Wildman–Crippen LogP) is 1.27. The summed E-state index contributed by atoms with van der Waals surface area (Å²) in [5.41, 5.74) is 5.58. The molecule has 0 saturated carbocycles. The first-order chi connectivity index (χ1) is 12.2. The third-order valence-corrected chi connectivity index (χ3v) is 5.28. The molecule has 1 amide bonds. The number of hydrazine groups is 1. The second kappa shape index (κ2) is 8.13. The Morgan fingerprint density at radius 2 is 1.77 bits per heavy atom. The van der Waals surface area contributed by atoms with E-state index in [2.05, 4.69) is 16.2 Å². The number of amides is 1. The number of benzene rings is 2. The van der Waals surface area contributed by atoms with Gasteiger partial charge in [0.05, 0.1) is 4.90 Å². The van der Waals surface area contributed by atoms with Crippen LogP contribution in [0.3, 0.4) is 0 Å². The molecule has 2 aromatic rings. The number of carbonyl (C=O) groups excluding carboxylic acids is 1. The van der Waals surface area contributed by atoms with Crippen molar-refractivity contribution in [2.24, 2.45) is 0 Å². The van der Waals surface area contributed by atoms with Gasteiger partial charge in [-0.3, -0.25) is 15.6 Å². The van der Waals surface area contributed by atoms with Gasteiger partial charge in [0, 0.05) is 25.3 Å². The number of aromatic hydroxyl groups is 1. The van der Waals surface area contributed by atoms with Crippen molar-refractivity contribution < 1.29 is 18.3 Å². The van der Waals surface area contributed by atoms with Crippen LogP contribution in [0, 0.1) is 0 Å². The number of hydrogen-bond acceptors (Lipinski definition) is 5. The fourth-order valence-electron chi connectivity index (χ4n) is 1.94. The Balaban J connectivity index is 1.99. The molecule has 0 fully saturated rings. The van der Waals surface area contributed by atoms with Gasteiger partial charge in [0.2, 0.25) is 10.0 Å². The van der Waals surface area contributed by atoms with Crippen molar-refractivity contribution in [1.82, 2.24) is 15.2 Å². The number of phenolic OH excluding ortho intramolecular Hbond substituents is 1. The number of rotatable bonds is 4. The minimum absolute atomic E-state index is 0.0303. The normalized spacial score (nSPS) is 11.0. The summed E-state index contributed by atoms with van der Waals surface area (Å²) < 4.78 is 25.4. The Morgan fingerprint density at radius 1 is 1.08 bits per heavy atom. The van der Waals surface area contributed by atoms with E-state index in [-0.39, 0.29) is 21.3 Å². The molecule has 0 bridgehead atoms. The molecule has 10 heteroatoms. The average molecular weight is 394 g/mol. The van der Waals surface area contributed by atoms with Gasteiger partial charge in [-0.1, -0.05) is 12.1 Å². The van der Waals surface area contributed by atoms with E-state index < -0.39 is 15.9 Å². The standard InChI is InChI=1S/C16H18N4O4S2/c1-20(2)26(23,24)14-8-4-6-12(10-14)17-16(25)19-18-15(22)11-5-3-7-13(21)9-11/h3-10,21H,1-2H3,(H,18,22)(H2,17,19,25). The quantitative estimate of drug-likeness (QED) is 0.457. The second-order valence-corrected chi connectivity index (χ2v) is 7.96. The van der Waals surface area contributed by atoms with Crippen LogP contribution in [-0.2, 0) is 10.0 Å². The summed E-state index contributed by atoms with van der Waals surface area (Å²) in [4.78, 5) is 12.1. The third kappa shape index (κ3) is 4.91. The molecule has 4 N–H and O–H groups in total. The van der Waals surface area contributed by atoms with Crippen LogP contribution < -0.4 is 16.2 Å². The number of hydrogen-bond donors (Lipinski definition) is 4. The first-order valence-corrected chi connectivity index (χ1v) is 9.24. The van der Waals surface area contributed by atoms with E-state index in [4.69, 9.17) is 12.2 Å². The number of carbonyl (C=O) groups is 1. The number of nitrogens with one attached hydrogen (secondary N) is 3. The first kappa shape index (κ1) is 19.6. The molecule has 0 aliphatic heterocycles. The molecule has 2 aromatic carbocycles. The van der Waals surface area contributed by atoms with Crippen molar-refractivity contribution in [1.29, 1.82) is 0 Å². The van der Waals surface area contributed by atoms with E-state index in [1.165, 1.54) is 50.5 Å². The topological polar surface area (TPSA) is 111 Å². The Labute approximate surface area is 156 Å². The lowest BCUT2D eigenvalue weighted by atomic mass is 10.2.